The van der Waals surface area contributed by atoms with Crippen LogP contribution in [0.25, 0.3) is 10.8 Å². The van der Waals surface area contributed by atoms with Gasteiger partial charge in [0.2, 0.25) is 0 Å². The molecule has 5 N–H and O–H groups in total. The van der Waals surface area contributed by atoms with Crippen molar-refractivity contribution in [3.8, 4) is 17.2 Å². The summed E-state index contributed by atoms with van der Waals surface area (Å²) in [7, 11) is -9.81. The predicted octanol–water partition coefficient (Wildman–Crippen LogP) is 3.14. The second-order valence-corrected chi connectivity index (χ2v) is 9.14. The minimum atomic E-state index is -5.03. The second kappa shape index (κ2) is 8.88. The zero-order valence-electron chi connectivity index (χ0n) is 15.4. The number of phenols is 3. The van der Waals surface area contributed by atoms with E-state index in [0.717, 1.165) is 6.07 Å². The number of nitrogens with zero attached hydrogens (tertiary/aromatic N) is 2. The van der Waals surface area contributed by atoms with E-state index in [1.54, 1.807) is 0 Å². The van der Waals surface area contributed by atoms with Crippen molar-refractivity contribution in [2.75, 3.05) is 0 Å². The molecule has 0 unspecified atom stereocenters. The molecule has 1 radical (unpaired) electrons. The van der Waals surface area contributed by atoms with Crippen molar-refractivity contribution in [2.24, 2.45) is 10.2 Å². The Morgan fingerprint density at radius 3 is 2.03 bits per heavy atom. The maximum Gasteiger partial charge on any atom is 0.296 e. The molecule has 0 heterocycles. The monoisotopic (exact) mass is 497 g/mol. The first-order valence-corrected chi connectivity index (χ1v) is 10.9. The number of rotatable bonds is 4. The molecule has 11 nitrogen and oxygen atoms in total. The summed E-state index contributed by atoms with van der Waals surface area (Å²) < 4.78 is 64.9. The van der Waals surface area contributed by atoms with Gasteiger partial charge in [-0.05, 0) is 35.7 Å². The third-order valence-corrected chi connectivity index (χ3v) is 5.81. The van der Waals surface area contributed by atoms with Crippen LogP contribution in [0.15, 0.2) is 56.4 Å². The average molecular weight is 498 g/mol. The molecule has 0 saturated carbocycles. The molecule has 15 heteroatoms. The molecule has 0 aliphatic rings. The summed E-state index contributed by atoms with van der Waals surface area (Å²) >= 11 is 5.78. The summed E-state index contributed by atoms with van der Waals surface area (Å²) in [5.41, 5.74) is -1.01. The van der Waals surface area contributed by atoms with E-state index in [9.17, 15) is 36.7 Å². The molecular weight excluding hydrogens is 487 g/mol. The SMILES string of the molecule is O=S(=O)(O)c1cc(O)c2c(O)c(N=Nc3cc(Cl)ccc3O)c(S(=O)(=O)O)cc2c1.[Na]. The molecule has 3 rings (SSSR count). The molecule has 0 aliphatic heterocycles. The fraction of sp³-hybridized carbons (Fsp3) is 0. The van der Waals surface area contributed by atoms with E-state index in [0.29, 0.717) is 12.1 Å². The molecule has 0 saturated heterocycles. The summed E-state index contributed by atoms with van der Waals surface area (Å²) in [6.07, 6.45) is 0. The van der Waals surface area contributed by atoms with Gasteiger partial charge < -0.3 is 15.3 Å². The van der Waals surface area contributed by atoms with Crippen LogP contribution < -0.4 is 0 Å². The summed E-state index contributed by atoms with van der Waals surface area (Å²) in [6.45, 7) is 0. The van der Waals surface area contributed by atoms with E-state index in [1.807, 2.05) is 0 Å². The topological polar surface area (TPSA) is 194 Å². The number of hydrogen-bond donors (Lipinski definition) is 5. The molecule has 0 amide bonds. The third kappa shape index (κ3) is 5.27. The standard InChI is InChI=1S/C16H11ClN2O9S2.Na/c17-8-1-2-11(20)10(5-8)18-19-15-13(30(26,27)28)4-7-3-9(29(23,24)25)6-12(21)14(7)16(15)22;/h1-6,20-22H,(H,23,24,25)(H,26,27,28);. The number of phenolic OH excluding ortho intramolecular Hbond substituents is 3. The number of fused-ring (bicyclic) bond motifs is 1. The van der Waals surface area contributed by atoms with Crippen LogP contribution in [0.4, 0.5) is 11.4 Å². The van der Waals surface area contributed by atoms with E-state index >= 15 is 0 Å². The van der Waals surface area contributed by atoms with Gasteiger partial charge in [0.05, 0.1) is 10.3 Å². The van der Waals surface area contributed by atoms with E-state index in [1.165, 1.54) is 18.2 Å². The van der Waals surface area contributed by atoms with Crippen LogP contribution in [0.1, 0.15) is 0 Å². The molecule has 0 fully saturated rings. The Bertz CT molecular complexity index is 1440. The first-order chi connectivity index (χ1) is 13.8. The third-order valence-electron chi connectivity index (χ3n) is 3.87. The van der Waals surface area contributed by atoms with Crippen molar-refractivity contribution in [1.29, 1.82) is 0 Å². The summed E-state index contributed by atoms with van der Waals surface area (Å²) in [4.78, 5) is -1.77. The van der Waals surface area contributed by atoms with Gasteiger partial charge in [0, 0.05) is 40.6 Å². The van der Waals surface area contributed by atoms with Gasteiger partial charge in [0.25, 0.3) is 20.2 Å². The fourth-order valence-electron chi connectivity index (χ4n) is 2.56. The molecule has 3 aromatic rings. The average Bonchev–Trinajstić information content (AvgIpc) is 2.61. The molecular formula is C16H11ClN2NaO9S2. The van der Waals surface area contributed by atoms with Crippen molar-refractivity contribution < 1.29 is 41.3 Å². The first kappa shape index (κ1) is 25.3. The molecule has 0 aliphatic carbocycles. The van der Waals surface area contributed by atoms with Crippen molar-refractivity contribution in [3.63, 3.8) is 0 Å². The van der Waals surface area contributed by atoms with Gasteiger partial charge in [-0.2, -0.15) is 16.8 Å². The quantitative estimate of drug-likeness (QED) is 0.204. The van der Waals surface area contributed by atoms with Crippen LogP contribution in [0.5, 0.6) is 17.2 Å². The number of aromatic hydroxyl groups is 3. The van der Waals surface area contributed by atoms with Crippen molar-refractivity contribution >= 4 is 83.5 Å². The molecule has 0 aromatic heterocycles. The van der Waals surface area contributed by atoms with E-state index in [2.05, 4.69) is 10.2 Å². The number of halogens is 1. The van der Waals surface area contributed by atoms with Gasteiger partial charge in [-0.3, -0.25) is 9.11 Å². The Kier molecular flexibility index (Phi) is 7.24. The normalized spacial score (nSPS) is 12.2. The Balaban J connectivity index is 0.00000341. The molecule has 159 valence electrons. The van der Waals surface area contributed by atoms with E-state index in [4.69, 9.17) is 16.2 Å². The Hall–Kier alpha value is -1.97. The van der Waals surface area contributed by atoms with Gasteiger partial charge in [0.1, 0.15) is 27.8 Å². The van der Waals surface area contributed by atoms with Gasteiger partial charge in [0.15, 0.2) is 5.75 Å². The summed E-state index contributed by atoms with van der Waals surface area (Å²) in [5.74, 6) is -2.18. The maximum atomic E-state index is 11.8. The zero-order chi connectivity index (χ0) is 22.4. The Morgan fingerprint density at radius 1 is 0.806 bits per heavy atom. The van der Waals surface area contributed by atoms with Crippen LogP contribution in [0, 0.1) is 0 Å². The molecule has 0 atom stereocenters. The summed E-state index contributed by atoms with van der Waals surface area (Å²) in [5, 5.41) is 36.9. The predicted molar refractivity (Wildman–Crippen MR) is 110 cm³/mol. The van der Waals surface area contributed by atoms with Gasteiger partial charge in [-0.1, -0.05) is 11.6 Å². The first-order valence-electron chi connectivity index (χ1n) is 7.67. The zero-order valence-corrected chi connectivity index (χ0v) is 19.8. The van der Waals surface area contributed by atoms with Crippen molar-refractivity contribution in [3.05, 3.63) is 41.4 Å². The van der Waals surface area contributed by atoms with Gasteiger partial charge in [-0.15, -0.1) is 10.2 Å². The molecule has 31 heavy (non-hydrogen) atoms. The number of azo groups is 1. The minimum Gasteiger partial charge on any atom is -0.507 e. The van der Waals surface area contributed by atoms with Crippen LogP contribution >= 0.6 is 11.6 Å². The van der Waals surface area contributed by atoms with E-state index < -0.39 is 52.6 Å². The van der Waals surface area contributed by atoms with Gasteiger partial charge in [-0.25, -0.2) is 0 Å². The largest absolute Gasteiger partial charge is 0.507 e. The van der Waals surface area contributed by atoms with Crippen molar-refractivity contribution in [1.82, 2.24) is 0 Å². The number of hydrogen-bond acceptors (Lipinski definition) is 9. The van der Waals surface area contributed by atoms with Crippen LogP contribution in [0.3, 0.4) is 0 Å². The van der Waals surface area contributed by atoms with Crippen LogP contribution in [-0.2, 0) is 20.2 Å². The molecule has 0 spiro atoms. The smallest absolute Gasteiger partial charge is 0.296 e. The number of benzene rings is 3. The Labute approximate surface area is 202 Å². The Morgan fingerprint density at radius 2 is 1.45 bits per heavy atom. The minimum absolute atomic E-state index is 0. The van der Waals surface area contributed by atoms with E-state index in [-0.39, 0.29) is 51.4 Å². The second-order valence-electron chi connectivity index (χ2n) is 5.90. The van der Waals surface area contributed by atoms with Crippen LogP contribution in [0.2, 0.25) is 5.02 Å². The van der Waals surface area contributed by atoms with Crippen molar-refractivity contribution in [2.45, 2.75) is 9.79 Å². The molecule has 0 bridgehead atoms. The van der Waals surface area contributed by atoms with Gasteiger partial charge >= 0.3 is 0 Å². The fourth-order valence-corrected chi connectivity index (χ4v) is 3.92. The maximum absolute atomic E-state index is 11.8. The van der Waals surface area contributed by atoms with Crippen LogP contribution in [-0.4, -0.2) is 70.8 Å². The summed E-state index contributed by atoms with van der Waals surface area (Å²) in [6, 6.07) is 5.81. The molecule has 3 aromatic carbocycles.